The number of methoxy groups -OCH3 is 1. The quantitative estimate of drug-likeness (QED) is 0.751. The number of hydrogen-bond acceptors (Lipinski definition) is 3. The first-order valence-electron chi connectivity index (χ1n) is 5.92. The van der Waals surface area contributed by atoms with Gasteiger partial charge in [-0.25, -0.2) is 0 Å². The van der Waals surface area contributed by atoms with E-state index < -0.39 is 0 Å². The highest BCUT2D eigenvalue weighted by molar-refractivity contribution is 5.81. The molecule has 0 aliphatic rings. The van der Waals surface area contributed by atoms with Crippen molar-refractivity contribution in [1.82, 2.24) is 10.3 Å². The summed E-state index contributed by atoms with van der Waals surface area (Å²) in [4.78, 5) is 25.4. The minimum atomic E-state index is -0.366. The maximum absolute atomic E-state index is 11.6. The second-order valence-corrected chi connectivity index (χ2v) is 4.84. The molecule has 5 heteroatoms. The van der Waals surface area contributed by atoms with E-state index in [2.05, 4.69) is 28.9 Å². The van der Waals surface area contributed by atoms with Gasteiger partial charge in [0.25, 0.3) is 0 Å². The highest BCUT2D eigenvalue weighted by Crippen LogP contribution is 2.21. The predicted octanol–water partition coefficient (Wildman–Crippen LogP) is 1.36. The third-order valence-corrected chi connectivity index (χ3v) is 2.89. The molecule has 0 saturated heterocycles. The van der Waals surface area contributed by atoms with Crippen LogP contribution in [0.25, 0.3) is 0 Å². The maximum atomic E-state index is 11.6. The first-order valence-corrected chi connectivity index (χ1v) is 5.92. The minimum absolute atomic E-state index is 0.118. The van der Waals surface area contributed by atoms with Crippen molar-refractivity contribution in [2.75, 3.05) is 13.7 Å². The molecule has 1 amide bonds. The third-order valence-electron chi connectivity index (χ3n) is 2.89. The van der Waals surface area contributed by atoms with Gasteiger partial charge in [0, 0.05) is 30.8 Å². The monoisotopic (exact) mass is 252 g/mol. The zero-order valence-electron chi connectivity index (χ0n) is 11.1. The summed E-state index contributed by atoms with van der Waals surface area (Å²) in [5, 5.41) is 2.83. The molecule has 1 heterocycles. The van der Waals surface area contributed by atoms with Crippen molar-refractivity contribution in [1.29, 1.82) is 0 Å². The van der Waals surface area contributed by atoms with Gasteiger partial charge in [0.05, 0.1) is 13.5 Å². The number of nitrogens with one attached hydrogen (secondary N) is 2. The van der Waals surface area contributed by atoms with Gasteiger partial charge in [0.1, 0.15) is 0 Å². The van der Waals surface area contributed by atoms with Crippen LogP contribution in [0.4, 0.5) is 0 Å². The molecule has 1 aromatic rings. The van der Waals surface area contributed by atoms with Crippen LogP contribution in [0.3, 0.4) is 0 Å². The number of esters is 1. The average molecular weight is 252 g/mol. The lowest BCUT2D eigenvalue weighted by Gasteiger charge is -2.24. The van der Waals surface area contributed by atoms with Crippen molar-refractivity contribution in [3.63, 3.8) is 0 Å². The van der Waals surface area contributed by atoms with E-state index in [0.717, 1.165) is 5.56 Å². The number of H-pyrrole nitrogens is 1. The average Bonchev–Trinajstić information content (AvgIpc) is 2.88. The van der Waals surface area contributed by atoms with Crippen LogP contribution in [0.1, 0.15) is 32.3 Å². The van der Waals surface area contributed by atoms with E-state index in [9.17, 15) is 9.59 Å². The van der Waals surface area contributed by atoms with Crippen LogP contribution in [-0.2, 0) is 19.7 Å². The molecule has 100 valence electrons. The molecule has 1 rings (SSSR count). The predicted molar refractivity (Wildman–Crippen MR) is 68.1 cm³/mol. The molecule has 0 aliphatic heterocycles. The summed E-state index contributed by atoms with van der Waals surface area (Å²) < 4.78 is 4.48. The third kappa shape index (κ3) is 4.24. The summed E-state index contributed by atoms with van der Waals surface area (Å²) in [6.07, 6.45) is 4.06. The SMILES string of the molecule is COC(=O)CCC(=O)NCC(C)(C)c1cc[nH]c1. The number of carbonyl (C=O) groups is 2. The van der Waals surface area contributed by atoms with Crippen molar-refractivity contribution in [2.45, 2.75) is 32.1 Å². The summed E-state index contributed by atoms with van der Waals surface area (Å²) in [5.74, 6) is -0.501. The molecule has 0 bridgehead atoms. The standard InChI is InChI=1S/C13H20N2O3/c1-13(2,10-6-7-14-8-10)9-15-11(16)4-5-12(17)18-3/h6-8,14H,4-5,9H2,1-3H3,(H,15,16). The Labute approximate surface area is 107 Å². The Morgan fingerprint density at radius 2 is 2.11 bits per heavy atom. The summed E-state index contributed by atoms with van der Waals surface area (Å²) in [5.41, 5.74) is 0.997. The van der Waals surface area contributed by atoms with Gasteiger partial charge in [0.2, 0.25) is 5.91 Å². The van der Waals surface area contributed by atoms with Crippen molar-refractivity contribution in [2.24, 2.45) is 0 Å². The number of aromatic amines is 1. The number of ether oxygens (including phenoxy) is 1. The van der Waals surface area contributed by atoms with Crippen LogP contribution < -0.4 is 5.32 Å². The topological polar surface area (TPSA) is 71.2 Å². The van der Waals surface area contributed by atoms with Gasteiger partial charge in [-0.1, -0.05) is 13.8 Å². The van der Waals surface area contributed by atoms with E-state index in [0.29, 0.717) is 6.54 Å². The number of amides is 1. The molecule has 1 aromatic heterocycles. The fourth-order valence-corrected chi connectivity index (χ4v) is 1.57. The lowest BCUT2D eigenvalue weighted by Crippen LogP contribution is -2.36. The van der Waals surface area contributed by atoms with Crippen LogP contribution in [-0.4, -0.2) is 30.5 Å². The summed E-state index contributed by atoms with van der Waals surface area (Å²) >= 11 is 0. The van der Waals surface area contributed by atoms with Crippen LogP contribution in [0.5, 0.6) is 0 Å². The second kappa shape index (κ2) is 6.23. The molecule has 0 atom stereocenters. The smallest absolute Gasteiger partial charge is 0.306 e. The van der Waals surface area contributed by atoms with Gasteiger partial charge >= 0.3 is 5.97 Å². The fourth-order valence-electron chi connectivity index (χ4n) is 1.57. The van der Waals surface area contributed by atoms with E-state index in [4.69, 9.17) is 0 Å². The Balaban J connectivity index is 2.36. The van der Waals surface area contributed by atoms with Crippen LogP contribution in [0.15, 0.2) is 18.5 Å². The number of aromatic nitrogens is 1. The minimum Gasteiger partial charge on any atom is -0.469 e. The first kappa shape index (κ1) is 14.3. The molecule has 0 saturated carbocycles. The number of hydrogen-bond donors (Lipinski definition) is 2. The molecule has 2 N–H and O–H groups in total. The summed E-state index contributed by atoms with van der Waals surface area (Å²) in [6.45, 7) is 4.64. The zero-order chi connectivity index (χ0) is 13.6. The Kier molecular flexibility index (Phi) is 4.95. The van der Waals surface area contributed by atoms with Crippen molar-refractivity contribution in [3.8, 4) is 0 Å². The van der Waals surface area contributed by atoms with Gasteiger partial charge in [-0.3, -0.25) is 9.59 Å². The van der Waals surface area contributed by atoms with Gasteiger partial charge in [-0.05, 0) is 11.6 Å². The van der Waals surface area contributed by atoms with Crippen molar-refractivity contribution in [3.05, 3.63) is 24.0 Å². The van der Waals surface area contributed by atoms with E-state index in [1.807, 2.05) is 18.5 Å². The summed E-state index contributed by atoms with van der Waals surface area (Å²) in [7, 11) is 1.31. The maximum Gasteiger partial charge on any atom is 0.306 e. The second-order valence-electron chi connectivity index (χ2n) is 4.84. The van der Waals surface area contributed by atoms with Gasteiger partial charge in [-0.2, -0.15) is 0 Å². The van der Waals surface area contributed by atoms with Crippen molar-refractivity contribution >= 4 is 11.9 Å². The zero-order valence-corrected chi connectivity index (χ0v) is 11.1. The van der Waals surface area contributed by atoms with E-state index in [1.165, 1.54) is 7.11 Å². The molecule has 18 heavy (non-hydrogen) atoms. The van der Waals surface area contributed by atoms with E-state index in [-0.39, 0.29) is 30.1 Å². The number of carbonyl (C=O) groups excluding carboxylic acids is 2. The van der Waals surface area contributed by atoms with Crippen molar-refractivity contribution < 1.29 is 14.3 Å². The van der Waals surface area contributed by atoms with Gasteiger partial charge in [-0.15, -0.1) is 0 Å². The first-order chi connectivity index (χ1) is 8.45. The number of rotatable bonds is 6. The lowest BCUT2D eigenvalue weighted by atomic mass is 9.86. The van der Waals surface area contributed by atoms with E-state index in [1.54, 1.807) is 0 Å². The van der Waals surface area contributed by atoms with Crippen LogP contribution >= 0.6 is 0 Å². The van der Waals surface area contributed by atoms with E-state index >= 15 is 0 Å². The van der Waals surface area contributed by atoms with Crippen LogP contribution in [0.2, 0.25) is 0 Å². The highest BCUT2D eigenvalue weighted by Gasteiger charge is 2.21. The molecular weight excluding hydrogens is 232 g/mol. The fraction of sp³-hybridized carbons (Fsp3) is 0.538. The normalized spacial score (nSPS) is 11.1. The molecule has 0 aromatic carbocycles. The Morgan fingerprint density at radius 3 is 2.67 bits per heavy atom. The Bertz CT molecular complexity index is 396. The lowest BCUT2D eigenvalue weighted by molar-refractivity contribution is -0.142. The molecular formula is C13H20N2O3. The Morgan fingerprint density at radius 1 is 1.39 bits per heavy atom. The molecule has 5 nitrogen and oxygen atoms in total. The Hall–Kier alpha value is -1.78. The molecule has 0 fully saturated rings. The van der Waals surface area contributed by atoms with Gasteiger partial charge in [0.15, 0.2) is 0 Å². The molecule has 0 radical (unpaired) electrons. The molecule has 0 unspecified atom stereocenters. The molecule has 0 aliphatic carbocycles. The highest BCUT2D eigenvalue weighted by atomic mass is 16.5. The van der Waals surface area contributed by atoms with Gasteiger partial charge < -0.3 is 15.0 Å². The molecule has 0 spiro atoms. The summed E-state index contributed by atoms with van der Waals surface area (Å²) in [6, 6.07) is 1.99. The largest absolute Gasteiger partial charge is 0.469 e. The van der Waals surface area contributed by atoms with Crippen LogP contribution in [0, 0.1) is 0 Å².